The summed E-state index contributed by atoms with van der Waals surface area (Å²) in [5.74, 6) is 1.66. The molecule has 1 heterocycles. The van der Waals surface area contributed by atoms with Crippen LogP contribution in [0.4, 0.5) is 11.5 Å². The van der Waals surface area contributed by atoms with Gasteiger partial charge in [-0.1, -0.05) is 13.8 Å². The van der Waals surface area contributed by atoms with E-state index in [2.05, 4.69) is 28.5 Å². The van der Waals surface area contributed by atoms with Crippen LogP contribution in [0.25, 0.3) is 0 Å². The molecule has 2 rings (SSSR count). The first kappa shape index (κ1) is 20.8. The van der Waals surface area contributed by atoms with Gasteiger partial charge in [0.2, 0.25) is 0 Å². The molecule has 1 aromatic heterocycles. The van der Waals surface area contributed by atoms with E-state index in [0.29, 0.717) is 17.2 Å². The third-order valence-corrected chi connectivity index (χ3v) is 5.36. The fourth-order valence-corrected chi connectivity index (χ4v) is 3.77. The Bertz CT molecular complexity index is 833. The average Bonchev–Trinajstić information content (AvgIpc) is 2.67. The monoisotopic (exact) mass is 393 g/mol. The van der Waals surface area contributed by atoms with Crippen molar-refractivity contribution in [1.29, 1.82) is 0 Å². The molecule has 0 amide bonds. The Kier molecular flexibility index (Phi) is 7.29. The van der Waals surface area contributed by atoms with E-state index in [1.807, 2.05) is 6.07 Å². The van der Waals surface area contributed by atoms with Gasteiger partial charge >= 0.3 is 0 Å². The molecule has 0 saturated heterocycles. The van der Waals surface area contributed by atoms with Crippen LogP contribution in [0.2, 0.25) is 0 Å². The molecule has 27 heavy (non-hydrogen) atoms. The topological polar surface area (TPSA) is 80.8 Å². The minimum atomic E-state index is -3.76. The van der Waals surface area contributed by atoms with E-state index in [4.69, 9.17) is 9.47 Å². The molecule has 0 aliphatic carbocycles. The van der Waals surface area contributed by atoms with E-state index in [9.17, 15) is 8.42 Å². The fourth-order valence-electron chi connectivity index (χ4n) is 2.71. The number of hydrogen-bond donors (Lipinski definition) is 1. The molecule has 0 aliphatic heterocycles. The van der Waals surface area contributed by atoms with E-state index < -0.39 is 10.0 Å². The van der Waals surface area contributed by atoms with Crippen LogP contribution in [-0.4, -0.2) is 40.7 Å². The number of ether oxygens (including phenoxy) is 2. The summed E-state index contributed by atoms with van der Waals surface area (Å²) >= 11 is 0. The molecule has 0 fully saturated rings. The number of rotatable bonds is 10. The van der Waals surface area contributed by atoms with Crippen LogP contribution in [0.3, 0.4) is 0 Å². The highest BCUT2D eigenvalue weighted by Gasteiger charge is 2.17. The number of benzene rings is 1. The van der Waals surface area contributed by atoms with Crippen molar-refractivity contribution in [2.24, 2.45) is 0 Å². The molecule has 0 unspecified atom stereocenters. The summed E-state index contributed by atoms with van der Waals surface area (Å²) in [5, 5.41) is 0. The van der Waals surface area contributed by atoms with Crippen LogP contribution in [0.1, 0.15) is 26.7 Å². The minimum Gasteiger partial charge on any atom is -0.493 e. The Balaban J connectivity index is 2.20. The lowest BCUT2D eigenvalue weighted by molar-refractivity contribution is 0.354. The number of anilines is 2. The number of nitrogens with zero attached hydrogens (tertiary/aromatic N) is 2. The van der Waals surface area contributed by atoms with Gasteiger partial charge in [-0.15, -0.1) is 0 Å². The second-order valence-electron chi connectivity index (χ2n) is 6.01. The van der Waals surface area contributed by atoms with Gasteiger partial charge in [0.15, 0.2) is 11.5 Å². The zero-order valence-electron chi connectivity index (χ0n) is 16.2. The second-order valence-corrected chi connectivity index (χ2v) is 7.70. The molecule has 0 bridgehead atoms. The molecule has 148 valence electrons. The maximum atomic E-state index is 12.6. The fraction of sp³-hybridized carbons (Fsp3) is 0.421. The van der Waals surface area contributed by atoms with Gasteiger partial charge in [0.05, 0.1) is 31.0 Å². The number of pyridine rings is 1. The summed E-state index contributed by atoms with van der Waals surface area (Å²) in [6, 6.07) is 8.00. The normalized spacial score (nSPS) is 11.1. The number of hydrogen-bond acceptors (Lipinski definition) is 6. The third-order valence-electron chi connectivity index (χ3n) is 3.98. The summed E-state index contributed by atoms with van der Waals surface area (Å²) in [6.07, 6.45) is 3.58. The van der Waals surface area contributed by atoms with Crippen molar-refractivity contribution in [1.82, 2.24) is 4.98 Å². The Morgan fingerprint density at radius 1 is 1.00 bits per heavy atom. The first-order chi connectivity index (χ1) is 12.9. The standard InChI is InChI=1S/C19H27N3O4S/c1-5-11-22(12-6-2)19-10-7-15(14-20-19)21-27(23,24)16-8-9-17(25-3)18(13-16)26-4/h7-10,13-14,21H,5-6,11-12H2,1-4H3. The van der Waals surface area contributed by atoms with E-state index in [0.717, 1.165) is 31.7 Å². The van der Waals surface area contributed by atoms with Crippen LogP contribution in [0.5, 0.6) is 11.5 Å². The quantitative estimate of drug-likeness (QED) is 0.665. The van der Waals surface area contributed by atoms with Crippen molar-refractivity contribution in [2.75, 3.05) is 36.9 Å². The molecular formula is C19H27N3O4S. The highest BCUT2D eigenvalue weighted by molar-refractivity contribution is 7.92. The van der Waals surface area contributed by atoms with E-state index in [1.54, 1.807) is 12.1 Å². The Morgan fingerprint density at radius 3 is 2.19 bits per heavy atom. The molecule has 0 atom stereocenters. The number of nitrogens with one attached hydrogen (secondary N) is 1. The summed E-state index contributed by atoms with van der Waals surface area (Å²) in [7, 11) is -0.805. The smallest absolute Gasteiger partial charge is 0.262 e. The van der Waals surface area contributed by atoms with Gasteiger partial charge in [-0.25, -0.2) is 13.4 Å². The lowest BCUT2D eigenvalue weighted by Gasteiger charge is -2.22. The Hall–Kier alpha value is -2.48. The molecule has 2 aromatic rings. The number of aromatic nitrogens is 1. The van der Waals surface area contributed by atoms with Gasteiger partial charge in [0.25, 0.3) is 10.0 Å². The summed E-state index contributed by atoms with van der Waals surface area (Å²) < 4.78 is 38.2. The molecule has 0 aliphatic rings. The maximum absolute atomic E-state index is 12.6. The van der Waals surface area contributed by atoms with E-state index in [-0.39, 0.29) is 4.90 Å². The molecule has 0 radical (unpaired) electrons. The van der Waals surface area contributed by atoms with Crippen molar-refractivity contribution in [3.63, 3.8) is 0 Å². The van der Waals surface area contributed by atoms with Gasteiger partial charge in [0, 0.05) is 19.2 Å². The van der Waals surface area contributed by atoms with Crippen LogP contribution >= 0.6 is 0 Å². The van der Waals surface area contributed by atoms with E-state index >= 15 is 0 Å². The first-order valence-electron chi connectivity index (χ1n) is 8.91. The Morgan fingerprint density at radius 2 is 1.67 bits per heavy atom. The summed E-state index contributed by atoms with van der Waals surface area (Å²) in [4.78, 5) is 6.68. The zero-order valence-corrected chi connectivity index (χ0v) is 17.0. The van der Waals surface area contributed by atoms with Gasteiger partial charge < -0.3 is 14.4 Å². The van der Waals surface area contributed by atoms with Crippen molar-refractivity contribution in [3.8, 4) is 11.5 Å². The largest absolute Gasteiger partial charge is 0.493 e. The Labute approximate surface area is 161 Å². The molecule has 1 N–H and O–H groups in total. The predicted molar refractivity (Wildman–Crippen MR) is 107 cm³/mol. The summed E-state index contributed by atoms with van der Waals surface area (Å²) in [6.45, 7) is 6.07. The zero-order chi connectivity index (χ0) is 19.9. The molecule has 1 aromatic carbocycles. The molecular weight excluding hydrogens is 366 g/mol. The van der Waals surface area contributed by atoms with Crippen LogP contribution in [-0.2, 0) is 10.0 Å². The third kappa shape index (κ3) is 5.26. The van der Waals surface area contributed by atoms with Crippen LogP contribution in [0.15, 0.2) is 41.4 Å². The summed E-state index contributed by atoms with van der Waals surface area (Å²) in [5.41, 5.74) is 0.404. The lowest BCUT2D eigenvalue weighted by Crippen LogP contribution is -2.25. The van der Waals surface area contributed by atoms with Gasteiger partial charge in [-0.3, -0.25) is 4.72 Å². The lowest BCUT2D eigenvalue weighted by atomic mass is 10.3. The van der Waals surface area contributed by atoms with Crippen molar-refractivity contribution < 1.29 is 17.9 Å². The SMILES string of the molecule is CCCN(CCC)c1ccc(NS(=O)(=O)c2ccc(OC)c(OC)c2)cn1. The number of methoxy groups -OCH3 is 2. The highest BCUT2D eigenvalue weighted by atomic mass is 32.2. The van der Waals surface area contributed by atoms with Crippen molar-refractivity contribution >= 4 is 21.5 Å². The molecule has 0 spiro atoms. The average molecular weight is 394 g/mol. The molecule has 0 saturated carbocycles. The number of sulfonamides is 1. The van der Waals surface area contributed by atoms with Crippen LogP contribution < -0.4 is 19.1 Å². The van der Waals surface area contributed by atoms with Gasteiger partial charge in [-0.2, -0.15) is 0 Å². The van der Waals surface area contributed by atoms with Gasteiger partial charge in [0.1, 0.15) is 5.82 Å². The first-order valence-corrected chi connectivity index (χ1v) is 10.4. The highest BCUT2D eigenvalue weighted by Crippen LogP contribution is 2.30. The second kappa shape index (κ2) is 9.45. The van der Waals surface area contributed by atoms with E-state index in [1.165, 1.54) is 32.5 Å². The molecule has 8 heteroatoms. The van der Waals surface area contributed by atoms with Crippen molar-refractivity contribution in [2.45, 2.75) is 31.6 Å². The maximum Gasteiger partial charge on any atom is 0.262 e. The van der Waals surface area contributed by atoms with Crippen molar-refractivity contribution in [3.05, 3.63) is 36.5 Å². The van der Waals surface area contributed by atoms with Gasteiger partial charge in [-0.05, 0) is 37.1 Å². The predicted octanol–water partition coefficient (Wildman–Crippen LogP) is 3.53. The van der Waals surface area contributed by atoms with Crippen LogP contribution in [0, 0.1) is 0 Å². The minimum absolute atomic E-state index is 0.0859. The molecule has 7 nitrogen and oxygen atoms in total.